The maximum Gasteiger partial charge on any atom is 0.339 e. The van der Waals surface area contributed by atoms with Crippen LogP contribution in [0, 0.1) is 0 Å². The van der Waals surface area contributed by atoms with Crippen molar-refractivity contribution in [3.63, 3.8) is 0 Å². The molecule has 7 heteroatoms. The minimum Gasteiger partial charge on any atom is -0.478 e. The highest BCUT2D eigenvalue weighted by molar-refractivity contribution is 6.30. The Balaban J connectivity index is 2.16. The fraction of sp³-hybridized carbons (Fsp3) is 0. The maximum atomic E-state index is 11.4. The topological polar surface area (TPSA) is 80.9 Å². The summed E-state index contributed by atoms with van der Waals surface area (Å²) in [6, 6.07) is 8.52. The molecule has 2 heterocycles. The molecule has 0 fully saturated rings. The molecule has 1 aromatic carbocycles. The van der Waals surface area contributed by atoms with Gasteiger partial charge in [0.15, 0.2) is 0 Å². The number of hydrogen-bond donors (Lipinski definition) is 1. The number of benzene rings is 1. The Morgan fingerprint density at radius 2 is 1.95 bits per heavy atom. The second-order valence-electron chi connectivity index (χ2n) is 4.20. The summed E-state index contributed by atoms with van der Waals surface area (Å²) < 4.78 is 1.33. The minimum absolute atomic E-state index is 0.0599. The predicted octanol–water partition coefficient (Wildman–Crippen LogP) is 2.68. The number of carboxylic acid groups (broad SMARTS) is 1. The number of aromatic carboxylic acids is 1. The van der Waals surface area contributed by atoms with E-state index in [0.717, 1.165) is 0 Å². The molecule has 3 rings (SSSR count). The smallest absolute Gasteiger partial charge is 0.339 e. The molecular formula is C14H9ClN4O2. The van der Waals surface area contributed by atoms with Gasteiger partial charge in [0, 0.05) is 29.2 Å². The van der Waals surface area contributed by atoms with E-state index in [4.69, 9.17) is 11.6 Å². The van der Waals surface area contributed by atoms with Gasteiger partial charge in [0.05, 0.1) is 0 Å². The lowest BCUT2D eigenvalue weighted by molar-refractivity contribution is 0.0697. The van der Waals surface area contributed by atoms with Gasteiger partial charge >= 0.3 is 5.97 Å². The van der Waals surface area contributed by atoms with Crippen LogP contribution in [0.3, 0.4) is 0 Å². The quantitative estimate of drug-likeness (QED) is 0.804. The second kappa shape index (κ2) is 5.34. The molecule has 0 aliphatic rings. The lowest BCUT2D eigenvalue weighted by Gasteiger charge is -1.99. The number of aromatic nitrogens is 4. The first-order chi connectivity index (χ1) is 10.1. The van der Waals surface area contributed by atoms with E-state index in [2.05, 4.69) is 15.1 Å². The van der Waals surface area contributed by atoms with E-state index in [-0.39, 0.29) is 5.56 Å². The molecule has 1 N–H and O–H groups in total. The van der Waals surface area contributed by atoms with Crippen molar-refractivity contribution in [3.05, 3.63) is 59.5 Å². The molecule has 0 bridgehead atoms. The molecule has 0 amide bonds. The van der Waals surface area contributed by atoms with Gasteiger partial charge in [-0.1, -0.05) is 23.7 Å². The van der Waals surface area contributed by atoms with Gasteiger partial charge in [-0.2, -0.15) is 5.10 Å². The summed E-state index contributed by atoms with van der Waals surface area (Å²) >= 11 is 5.94. The van der Waals surface area contributed by atoms with Crippen molar-refractivity contribution in [1.29, 1.82) is 0 Å². The van der Waals surface area contributed by atoms with Crippen LogP contribution in [-0.4, -0.2) is 30.8 Å². The molecule has 0 radical (unpaired) electrons. The first-order valence-electron chi connectivity index (χ1n) is 6.01. The van der Waals surface area contributed by atoms with Crippen LogP contribution in [0.15, 0.2) is 48.9 Å². The van der Waals surface area contributed by atoms with Gasteiger partial charge in [0.2, 0.25) is 5.95 Å². The Kier molecular flexibility index (Phi) is 3.37. The second-order valence-corrected chi connectivity index (χ2v) is 4.64. The van der Waals surface area contributed by atoms with Crippen LogP contribution in [0.2, 0.25) is 5.02 Å². The van der Waals surface area contributed by atoms with E-state index >= 15 is 0 Å². The third-order valence-electron chi connectivity index (χ3n) is 2.80. The summed E-state index contributed by atoms with van der Waals surface area (Å²) in [7, 11) is 0. The first-order valence-corrected chi connectivity index (χ1v) is 6.39. The highest BCUT2D eigenvalue weighted by Crippen LogP contribution is 2.25. The SMILES string of the molecule is O=C(O)c1cn(-c2ncccn2)nc1-c1cccc(Cl)c1. The lowest BCUT2D eigenvalue weighted by atomic mass is 10.1. The van der Waals surface area contributed by atoms with Crippen LogP contribution in [0.4, 0.5) is 0 Å². The molecule has 0 spiro atoms. The monoisotopic (exact) mass is 300 g/mol. The molecule has 0 aliphatic heterocycles. The van der Waals surface area contributed by atoms with Gasteiger partial charge in [0.1, 0.15) is 11.3 Å². The zero-order chi connectivity index (χ0) is 14.8. The van der Waals surface area contributed by atoms with Crippen LogP contribution < -0.4 is 0 Å². The Morgan fingerprint density at radius 3 is 2.62 bits per heavy atom. The first kappa shape index (κ1) is 13.3. The summed E-state index contributed by atoms with van der Waals surface area (Å²) in [4.78, 5) is 19.5. The molecule has 2 aromatic heterocycles. The average Bonchev–Trinajstić information content (AvgIpc) is 2.93. The Bertz CT molecular complexity index is 802. The fourth-order valence-corrected chi connectivity index (χ4v) is 2.08. The van der Waals surface area contributed by atoms with Crippen molar-refractivity contribution >= 4 is 17.6 Å². The number of halogens is 1. The summed E-state index contributed by atoms with van der Waals surface area (Å²) in [5.74, 6) is -0.777. The predicted molar refractivity (Wildman–Crippen MR) is 76.6 cm³/mol. The van der Waals surface area contributed by atoms with Crippen molar-refractivity contribution < 1.29 is 9.90 Å². The molecule has 0 saturated heterocycles. The van der Waals surface area contributed by atoms with E-state index in [1.165, 1.54) is 10.9 Å². The van der Waals surface area contributed by atoms with Crippen LogP contribution in [0.1, 0.15) is 10.4 Å². The molecule has 0 aliphatic carbocycles. The Hall–Kier alpha value is -2.73. The number of nitrogens with zero attached hydrogens (tertiary/aromatic N) is 4. The van der Waals surface area contributed by atoms with Gasteiger partial charge in [0.25, 0.3) is 0 Å². The zero-order valence-corrected chi connectivity index (χ0v) is 11.4. The summed E-state index contributed by atoms with van der Waals surface area (Å²) in [6.45, 7) is 0. The molecule has 0 atom stereocenters. The normalized spacial score (nSPS) is 10.5. The summed E-state index contributed by atoms with van der Waals surface area (Å²) in [5, 5.41) is 14.1. The molecule has 0 saturated carbocycles. The number of hydrogen-bond acceptors (Lipinski definition) is 4. The van der Waals surface area contributed by atoms with Crippen LogP contribution in [0.25, 0.3) is 17.2 Å². The van der Waals surface area contributed by atoms with Crippen LogP contribution >= 0.6 is 11.6 Å². The molecule has 104 valence electrons. The van der Waals surface area contributed by atoms with Crippen molar-refractivity contribution in [2.75, 3.05) is 0 Å². The van der Waals surface area contributed by atoms with Gasteiger partial charge < -0.3 is 5.11 Å². The van der Waals surface area contributed by atoms with Crippen LogP contribution in [0.5, 0.6) is 0 Å². The Labute approximate surface area is 124 Å². The molecule has 3 aromatic rings. The van der Waals surface area contributed by atoms with Gasteiger partial charge in [-0.05, 0) is 18.2 Å². The zero-order valence-electron chi connectivity index (χ0n) is 10.6. The molecular weight excluding hydrogens is 292 g/mol. The summed E-state index contributed by atoms with van der Waals surface area (Å²) in [6.07, 6.45) is 4.50. The Morgan fingerprint density at radius 1 is 1.19 bits per heavy atom. The third-order valence-corrected chi connectivity index (χ3v) is 3.03. The van der Waals surface area contributed by atoms with E-state index in [1.807, 2.05) is 0 Å². The lowest BCUT2D eigenvalue weighted by Crippen LogP contribution is -2.00. The van der Waals surface area contributed by atoms with Gasteiger partial charge in [-0.25, -0.2) is 19.4 Å². The van der Waals surface area contributed by atoms with E-state index in [0.29, 0.717) is 22.2 Å². The number of rotatable bonds is 3. The molecule has 6 nitrogen and oxygen atoms in total. The van der Waals surface area contributed by atoms with Crippen LogP contribution in [-0.2, 0) is 0 Å². The maximum absolute atomic E-state index is 11.4. The standard InChI is InChI=1S/C14H9ClN4O2/c15-10-4-1-3-9(7-10)12-11(13(20)21)8-19(18-12)14-16-5-2-6-17-14/h1-8H,(H,20,21). The minimum atomic E-state index is -1.08. The highest BCUT2D eigenvalue weighted by Gasteiger charge is 2.18. The van der Waals surface area contributed by atoms with Crippen molar-refractivity contribution in [2.24, 2.45) is 0 Å². The van der Waals surface area contributed by atoms with E-state index in [9.17, 15) is 9.90 Å². The third kappa shape index (κ3) is 2.61. The number of carbonyl (C=O) groups is 1. The number of carboxylic acids is 1. The van der Waals surface area contributed by atoms with E-state index < -0.39 is 5.97 Å². The highest BCUT2D eigenvalue weighted by atomic mass is 35.5. The fourth-order valence-electron chi connectivity index (χ4n) is 1.89. The largest absolute Gasteiger partial charge is 0.478 e. The molecule has 21 heavy (non-hydrogen) atoms. The van der Waals surface area contributed by atoms with Crippen molar-refractivity contribution in [2.45, 2.75) is 0 Å². The summed E-state index contributed by atoms with van der Waals surface area (Å²) in [5.41, 5.74) is 0.997. The van der Waals surface area contributed by atoms with Gasteiger partial charge in [-0.15, -0.1) is 0 Å². The molecule has 0 unspecified atom stereocenters. The van der Waals surface area contributed by atoms with Crippen molar-refractivity contribution in [3.8, 4) is 17.2 Å². The average molecular weight is 301 g/mol. The van der Waals surface area contributed by atoms with Gasteiger partial charge in [-0.3, -0.25) is 0 Å². The van der Waals surface area contributed by atoms with Crippen molar-refractivity contribution in [1.82, 2.24) is 19.7 Å². The van der Waals surface area contributed by atoms with E-state index in [1.54, 1.807) is 42.7 Å².